The van der Waals surface area contributed by atoms with Gasteiger partial charge < -0.3 is 28.9 Å². The van der Waals surface area contributed by atoms with Crippen molar-refractivity contribution in [2.75, 3.05) is 59.7 Å². The molecular weight excluding hydrogens is 394 g/mol. The summed E-state index contributed by atoms with van der Waals surface area (Å²) in [6, 6.07) is 15.4. The fraction of sp³-hybridized carbons (Fsp3) is 0.458. The van der Waals surface area contributed by atoms with E-state index in [1.807, 2.05) is 53.4 Å². The zero-order chi connectivity index (χ0) is 21.5. The molecular formula is C24H33N3O4+2. The van der Waals surface area contributed by atoms with Crippen LogP contribution in [-0.4, -0.2) is 70.5 Å². The number of fused-ring (bicyclic) bond motifs is 1. The Morgan fingerprint density at radius 1 is 1.03 bits per heavy atom. The number of benzene rings is 2. The number of amides is 1. The van der Waals surface area contributed by atoms with E-state index in [1.165, 1.54) is 26.2 Å². The number of nitrogens with one attached hydrogen (secondary N) is 2. The van der Waals surface area contributed by atoms with Crippen LogP contribution in [-0.2, 0) is 11.3 Å². The molecule has 1 amide bonds. The molecule has 2 aliphatic rings. The molecule has 0 unspecified atom stereocenters. The maximum atomic E-state index is 13.0. The third-order valence-corrected chi connectivity index (χ3v) is 6.04. The van der Waals surface area contributed by atoms with Crippen LogP contribution in [0, 0.1) is 0 Å². The minimum Gasteiger partial charge on any atom is -0.484 e. The van der Waals surface area contributed by atoms with Gasteiger partial charge in [-0.3, -0.25) is 4.79 Å². The van der Waals surface area contributed by atoms with Gasteiger partial charge in [-0.05, 0) is 29.8 Å². The SMILES string of the molecule is C[NH+]1CC[NH+](CCCN(Cc2ccc3c(c2)OCO3)C(=O)COc2ccccc2)CC1. The van der Waals surface area contributed by atoms with Crippen LogP contribution in [0.2, 0.25) is 0 Å². The van der Waals surface area contributed by atoms with Crippen molar-refractivity contribution in [2.45, 2.75) is 13.0 Å². The van der Waals surface area contributed by atoms with Crippen molar-refractivity contribution in [3.05, 3.63) is 54.1 Å². The highest BCUT2D eigenvalue weighted by Gasteiger charge is 2.22. The molecule has 2 heterocycles. The van der Waals surface area contributed by atoms with Gasteiger partial charge in [-0.15, -0.1) is 0 Å². The molecule has 0 radical (unpaired) electrons. The molecule has 4 rings (SSSR count). The third kappa shape index (κ3) is 6.12. The zero-order valence-electron chi connectivity index (χ0n) is 18.3. The normalized spacial score (nSPS) is 19.8. The Balaban J connectivity index is 1.35. The van der Waals surface area contributed by atoms with E-state index in [-0.39, 0.29) is 19.3 Å². The first kappa shape index (κ1) is 21.5. The van der Waals surface area contributed by atoms with Crippen LogP contribution in [0.4, 0.5) is 0 Å². The highest BCUT2D eigenvalue weighted by Crippen LogP contribution is 2.32. The fourth-order valence-electron chi connectivity index (χ4n) is 4.10. The summed E-state index contributed by atoms with van der Waals surface area (Å²) < 4.78 is 16.6. The van der Waals surface area contributed by atoms with Crippen LogP contribution in [0.1, 0.15) is 12.0 Å². The van der Waals surface area contributed by atoms with Crippen LogP contribution in [0.15, 0.2) is 48.5 Å². The van der Waals surface area contributed by atoms with Gasteiger partial charge in [0.05, 0.1) is 13.6 Å². The lowest BCUT2D eigenvalue weighted by molar-refractivity contribution is -1.00. The van der Waals surface area contributed by atoms with Gasteiger partial charge in [-0.2, -0.15) is 0 Å². The first-order valence-electron chi connectivity index (χ1n) is 11.2. The van der Waals surface area contributed by atoms with Crippen LogP contribution in [0.3, 0.4) is 0 Å². The van der Waals surface area contributed by atoms with E-state index in [9.17, 15) is 4.79 Å². The number of likely N-dealkylation sites (N-methyl/N-ethyl adjacent to an activating group) is 1. The molecule has 2 aromatic rings. The minimum atomic E-state index is -0.000609. The summed E-state index contributed by atoms with van der Waals surface area (Å²) in [4.78, 5) is 18.2. The first-order chi connectivity index (χ1) is 15.2. The monoisotopic (exact) mass is 427 g/mol. The number of carbonyl (C=O) groups excluding carboxylic acids is 1. The predicted molar refractivity (Wildman–Crippen MR) is 117 cm³/mol. The van der Waals surface area contributed by atoms with E-state index < -0.39 is 0 Å². The molecule has 166 valence electrons. The average Bonchev–Trinajstić information content (AvgIpc) is 3.27. The number of para-hydroxylation sites is 1. The number of nitrogens with zero attached hydrogens (tertiary/aromatic N) is 1. The number of hydrogen-bond donors (Lipinski definition) is 2. The van der Waals surface area contributed by atoms with Gasteiger partial charge in [0.25, 0.3) is 5.91 Å². The van der Waals surface area contributed by atoms with Gasteiger partial charge in [0.2, 0.25) is 6.79 Å². The van der Waals surface area contributed by atoms with Crippen molar-refractivity contribution in [1.82, 2.24) is 4.90 Å². The molecule has 0 saturated carbocycles. The number of piperazine rings is 1. The largest absolute Gasteiger partial charge is 0.484 e. The van der Waals surface area contributed by atoms with Gasteiger partial charge in [0, 0.05) is 19.5 Å². The van der Waals surface area contributed by atoms with Crippen LogP contribution in [0.5, 0.6) is 17.2 Å². The number of ether oxygens (including phenoxy) is 3. The smallest absolute Gasteiger partial charge is 0.260 e. The number of carbonyl (C=O) groups is 1. The highest BCUT2D eigenvalue weighted by atomic mass is 16.7. The summed E-state index contributed by atoms with van der Waals surface area (Å²) in [5, 5.41) is 0. The molecule has 0 spiro atoms. The molecule has 0 atom stereocenters. The van der Waals surface area contributed by atoms with E-state index in [4.69, 9.17) is 14.2 Å². The number of rotatable bonds is 9. The summed E-state index contributed by atoms with van der Waals surface area (Å²) in [7, 11) is 2.26. The molecule has 0 aliphatic carbocycles. The average molecular weight is 428 g/mol. The topological polar surface area (TPSA) is 56.9 Å². The van der Waals surface area contributed by atoms with Crippen LogP contribution >= 0.6 is 0 Å². The van der Waals surface area contributed by atoms with Crippen molar-refractivity contribution in [2.24, 2.45) is 0 Å². The number of quaternary nitrogens is 2. The first-order valence-corrected chi connectivity index (χ1v) is 11.2. The van der Waals surface area contributed by atoms with E-state index in [2.05, 4.69) is 7.05 Å². The summed E-state index contributed by atoms with van der Waals surface area (Å²) in [6.45, 7) is 7.50. The van der Waals surface area contributed by atoms with Crippen molar-refractivity contribution >= 4 is 5.91 Å². The Morgan fingerprint density at radius 3 is 2.61 bits per heavy atom. The summed E-state index contributed by atoms with van der Waals surface area (Å²) in [5.74, 6) is 2.22. The van der Waals surface area contributed by atoms with Crippen molar-refractivity contribution in [3.63, 3.8) is 0 Å². The summed E-state index contributed by atoms with van der Waals surface area (Å²) in [6.07, 6.45) is 0.982. The highest BCUT2D eigenvalue weighted by molar-refractivity contribution is 5.77. The van der Waals surface area contributed by atoms with Crippen LogP contribution < -0.4 is 24.0 Å². The molecule has 7 heteroatoms. The molecule has 1 saturated heterocycles. The van der Waals surface area contributed by atoms with E-state index >= 15 is 0 Å². The molecule has 7 nitrogen and oxygen atoms in total. The van der Waals surface area contributed by atoms with Gasteiger partial charge >= 0.3 is 0 Å². The Bertz CT molecular complexity index is 853. The molecule has 2 N–H and O–H groups in total. The lowest BCUT2D eigenvalue weighted by atomic mass is 10.1. The molecule has 2 aliphatic heterocycles. The standard InChI is InChI=1S/C24H31N3O4/c1-25-12-14-26(15-13-25)10-5-11-27(24(28)18-29-21-6-3-2-4-7-21)17-20-8-9-22-23(16-20)31-19-30-22/h2-4,6-9,16H,5,10-15,17-19H2,1H3/p+2. The lowest BCUT2D eigenvalue weighted by Crippen LogP contribution is -3.27. The molecule has 2 aromatic carbocycles. The second-order valence-electron chi connectivity index (χ2n) is 8.42. The summed E-state index contributed by atoms with van der Waals surface area (Å²) in [5.41, 5.74) is 1.04. The second-order valence-corrected chi connectivity index (χ2v) is 8.42. The van der Waals surface area contributed by atoms with E-state index in [1.54, 1.807) is 9.80 Å². The lowest BCUT2D eigenvalue weighted by Gasteiger charge is -2.28. The Morgan fingerprint density at radius 2 is 1.81 bits per heavy atom. The molecule has 0 bridgehead atoms. The van der Waals surface area contributed by atoms with Gasteiger partial charge in [-0.1, -0.05) is 24.3 Å². The van der Waals surface area contributed by atoms with Crippen LogP contribution in [0.25, 0.3) is 0 Å². The van der Waals surface area contributed by atoms with Crippen molar-refractivity contribution < 1.29 is 28.8 Å². The second kappa shape index (κ2) is 10.5. The summed E-state index contributed by atoms with van der Waals surface area (Å²) >= 11 is 0. The quantitative estimate of drug-likeness (QED) is 0.573. The molecule has 31 heavy (non-hydrogen) atoms. The van der Waals surface area contributed by atoms with Gasteiger partial charge in [0.15, 0.2) is 18.1 Å². The Hall–Kier alpha value is -2.77. The number of hydrogen-bond acceptors (Lipinski definition) is 4. The maximum absolute atomic E-state index is 13.0. The van der Waals surface area contributed by atoms with Crippen molar-refractivity contribution in [1.29, 1.82) is 0 Å². The predicted octanol–water partition coefficient (Wildman–Crippen LogP) is -0.374. The third-order valence-electron chi connectivity index (χ3n) is 6.04. The van der Waals surface area contributed by atoms with Crippen molar-refractivity contribution in [3.8, 4) is 17.2 Å². The zero-order valence-corrected chi connectivity index (χ0v) is 18.3. The minimum absolute atomic E-state index is 0.000609. The Kier molecular flexibility index (Phi) is 7.27. The van der Waals surface area contributed by atoms with Gasteiger partial charge in [-0.25, -0.2) is 0 Å². The van der Waals surface area contributed by atoms with Gasteiger partial charge in [0.1, 0.15) is 31.9 Å². The fourth-order valence-corrected chi connectivity index (χ4v) is 4.10. The Labute approximate surface area is 184 Å². The maximum Gasteiger partial charge on any atom is 0.260 e. The molecule has 1 fully saturated rings. The van der Waals surface area contributed by atoms with E-state index in [0.717, 1.165) is 36.6 Å². The van der Waals surface area contributed by atoms with E-state index in [0.29, 0.717) is 12.3 Å². The molecule has 0 aromatic heterocycles.